The molecule has 4 N–H and O–H groups in total. The van der Waals surface area contributed by atoms with Gasteiger partial charge in [-0.05, 0) is 30.7 Å². The van der Waals surface area contributed by atoms with E-state index < -0.39 is 23.5 Å². The Balaban J connectivity index is 1.48. The van der Waals surface area contributed by atoms with Crippen molar-refractivity contribution in [2.45, 2.75) is 19.3 Å². The minimum Gasteiger partial charge on any atom is -0.368 e. The topological polar surface area (TPSA) is 120 Å². The highest BCUT2D eigenvalue weighted by Gasteiger charge is 2.37. The summed E-state index contributed by atoms with van der Waals surface area (Å²) < 4.78 is 39.6. The highest BCUT2D eigenvalue weighted by atomic mass is 19.4. The van der Waals surface area contributed by atoms with Crippen LogP contribution in [0.1, 0.15) is 33.3 Å². The number of nitrogens with two attached hydrogens (primary N) is 1. The van der Waals surface area contributed by atoms with Crippen molar-refractivity contribution < 1.29 is 18.0 Å². The molecule has 1 atom stereocenters. The van der Waals surface area contributed by atoms with Gasteiger partial charge in [0, 0.05) is 45.0 Å². The molecule has 0 spiro atoms. The van der Waals surface area contributed by atoms with Gasteiger partial charge in [-0.2, -0.15) is 13.2 Å². The zero-order valence-corrected chi connectivity index (χ0v) is 18.6. The monoisotopic (exact) mass is 475 g/mol. The molecule has 0 aromatic carbocycles. The van der Waals surface area contributed by atoms with E-state index in [2.05, 4.69) is 25.2 Å². The number of amides is 1. The third-order valence-corrected chi connectivity index (χ3v) is 6.02. The van der Waals surface area contributed by atoms with Gasteiger partial charge in [0.2, 0.25) is 0 Å². The summed E-state index contributed by atoms with van der Waals surface area (Å²) in [6.07, 6.45) is -2.20. The van der Waals surface area contributed by atoms with E-state index in [0.717, 1.165) is 5.69 Å². The minimum absolute atomic E-state index is 0.0837. The van der Waals surface area contributed by atoms with Crippen molar-refractivity contribution in [3.63, 3.8) is 0 Å². The fourth-order valence-corrected chi connectivity index (χ4v) is 4.16. The van der Waals surface area contributed by atoms with Crippen LogP contribution in [-0.4, -0.2) is 59.0 Å². The third kappa shape index (κ3) is 4.46. The van der Waals surface area contributed by atoms with Crippen molar-refractivity contribution in [1.82, 2.24) is 25.2 Å². The minimum atomic E-state index is -4.76. The summed E-state index contributed by atoms with van der Waals surface area (Å²) in [5, 5.41) is 2.53. The Morgan fingerprint density at radius 2 is 1.88 bits per heavy atom. The molecule has 1 aliphatic rings. The van der Waals surface area contributed by atoms with Gasteiger partial charge in [0.05, 0.1) is 29.1 Å². The smallest absolute Gasteiger partial charge is 0.368 e. The maximum absolute atomic E-state index is 13.2. The Morgan fingerprint density at radius 1 is 1.18 bits per heavy atom. The van der Waals surface area contributed by atoms with Crippen LogP contribution in [-0.2, 0) is 6.18 Å². The Morgan fingerprint density at radius 3 is 2.47 bits per heavy atom. The number of anilines is 1. The summed E-state index contributed by atoms with van der Waals surface area (Å²) in [7, 11) is 1.55. The molecule has 3 aromatic rings. The second-order valence-electron chi connectivity index (χ2n) is 8.07. The van der Waals surface area contributed by atoms with E-state index in [-0.39, 0.29) is 22.5 Å². The molecular formula is C22H24F3N7O2. The molecule has 0 bridgehead atoms. The molecule has 34 heavy (non-hydrogen) atoms. The number of hydrogen-bond acceptors (Lipinski definition) is 7. The summed E-state index contributed by atoms with van der Waals surface area (Å²) in [5.74, 6) is -0.252. The number of piperazine rings is 1. The first-order chi connectivity index (χ1) is 16.1. The van der Waals surface area contributed by atoms with Crippen LogP contribution in [0.15, 0.2) is 35.4 Å². The normalized spacial score (nSPS) is 16.0. The standard InChI is InChI=1S/C22H24F3N7O2/c1-12-17(22(23,24)25)21(34)30-16-9-13(10-29-18(12)16)19(26)32-7-5-31(6-8-32)14-3-4-15(28-11-14)20(33)27-2/h3-4,9-11,19H,5-8,26H2,1-2H3,(H,27,33)(H,30,34)/t19-/m1/s1. The number of carbonyl (C=O) groups excluding carboxylic acids is 1. The van der Waals surface area contributed by atoms with Crippen LogP contribution in [0.3, 0.4) is 0 Å². The summed E-state index contributed by atoms with van der Waals surface area (Å²) in [5.41, 5.74) is 5.89. The zero-order chi connectivity index (χ0) is 24.6. The number of aromatic amines is 1. The van der Waals surface area contributed by atoms with E-state index in [9.17, 15) is 22.8 Å². The zero-order valence-electron chi connectivity index (χ0n) is 18.6. The number of aromatic nitrogens is 3. The fraction of sp³-hybridized carbons (Fsp3) is 0.364. The molecule has 0 aliphatic carbocycles. The van der Waals surface area contributed by atoms with Crippen LogP contribution in [0.5, 0.6) is 0 Å². The van der Waals surface area contributed by atoms with Crippen LogP contribution < -0.4 is 21.5 Å². The summed E-state index contributed by atoms with van der Waals surface area (Å²) in [4.78, 5) is 38.5. The molecule has 1 aliphatic heterocycles. The van der Waals surface area contributed by atoms with E-state index >= 15 is 0 Å². The largest absolute Gasteiger partial charge is 0.422 e. The van der Waals surface area contributed by atoms with E-state index in [1.54, 1.807) is 25.4 Å². The number of nitrogens with zero attached hydrogens (tertiary/aromatic N) is 4. The number of H-pyrrole nitrogens is 1. The maximum atomic E-state index is 13.2. The van der Waals surface area contributed by atoms with Gasteiger partial charge in [0.1, 0.15) is 11.3 Å². The average molecular weight is 475 g/mol. The average Bonchev–Trinajstić information content (AvgIpc) is 2.82. The van der Waals surface area contributed by atoms with E-state index in [1.807, 2.05) is 11.0 Å². The van der Waals surface area contributed by atoms with Crippen molar-refractivity contribution in [3.05, 3.63) is 63.3 Å². The quantitative estimate of drug-likeness (QED) is 0.526. The number of halogens is 3. The predicted octanol–water partition coefficient (Wildman–Crippen LogP) is 1.78. The number of hydrogen-bond donors (Lipinski definition) is 3. The van der Waals surface area contributed by atoms with Crippen molar-refractivity contribution in [2.75, 3.05) is 38.1 Å². The summed E-state index contributed by atoms with van der Waals surface area (Å²) in [6, 6.07) is 5.09. The number of rotatable bonds is 4. The molecule has 12 heteroatoms. The molecule has 1 fully saturated rings. The third-order valence-electron chi connectivity index (χ3n) is 6.02. The van der Waals surface area contributed by atoms with Gasteiger partial charge in [-0.15, -0.1) is 0 Å². The predicted molar refractivity (Wildman–Crippen MR) is 120 cm³/mol. The van der Waals surface area contributed by atoms with Crippen molar-refractivity contribution in [1.29, 1.82) is 0 Å². The van der Waals surface area contributed by atoms with Gasteiger partial charge >= 0.3 is 6.18 Å². The molecule has 180 valence electrons. The van der Waals surface area contributed by atoms with E-state index in [4.69, 9.17) is 5.73 Å². The molecule has 3 aromatic heterocycles. The van der Waals surface area contributed by atoms with Crippen molar-refractivity contribution >= 4 is 22.6 Å². The molecule has 4 rings (SSSR count). The molecule has 1 saturated heterocycles. The molecule has 4 heterocycles. The van der Waals surface area contributed by atoms with Gasteiger partial charge in [0.15, 0.2) is 0 Å². The van der Waals surface area contributed by atoms with Gasteiger partial charge in [0.25, 0.3) is 11.5 Å². The molecule has 0 radical (unpaired) electrons. The number of nitrogens with one attached hydrogen (secondary N) is 2. The first kappa shape index (κ1) is 23.6. The van der Waals surface area contributed by atoms with Crippen LogP contribution in [0.2, 0.25) is 0 Å². The molecule has 0 saturated carbocycles. The number of carbonyl (C=O) groups is 1. The summed E-state index contributed by atoms with van der Waals surface area (Å²) in [6.45, 7) is 3.82. The van der Waals surface area contributed by atoms with Gasteiger partial charge in [-0.1, -0.05) is 0 Å². The van der Waals surface area contributed by atoms with Crippen LogP contribution in [0.4, 0.5) is 18.9 Å². The summed E-state index contributed by atoms with van der Waals surface area (Å²) >= 11 is 0. The lowest BCUT2D eigenvalue weighted by Crippen LogP contribution is -2.49. The molecule has 9 nitrogen and oxygen atoms in total. The van der Waals surface area contributed by atoms with Gasteiger partial charge in [-0.25, -0.2) is 4.98 Å². The lowest BCUT2D eigenvalue weighted by Gasteiger charge is -2.38. The lowest BCUT2D eigenvalue weighted by atomic mass is 10.1. The van der Waals surface area contributed by atoms with E-state index in [1.165, 1.54) is 13.1 Å². The molecule has 0 unspecified atom stereocenters. The fourth-order valence-electron chi connectivity index (χ4n) is 4.16. The van der Waals surface area contributed by atoms with Crippen LogP contribution in [0, 0.1) is 6.92 Å². The molecular weight excluding hydrogens is 451 g/mol. The number of alkyl halides is 3. The number of fused-ring (bicyclic) bond motifs is 1. The Bertz CT molecular complexity index is 1270. The second kappa shape index (κ2) is 9.03. The first-order valence-electron chi connectivity index (χ1n) is 10.6. The lowest BCUT2D eigenvalue weighted by molar-refractivity contribution is -0.139. The highest BCUT2D eigenvalue weighted by Crippen LogP contribution is 2.31. The Kier molecular flexibility index (Phi) is 6.28. The second-order valence-corrected chi connectivity index (χ2v) is 8.07. The Hall–Kier alpha value is -3.51. The SMILES string of the molecule is CNC(=O)c1ccc(N2CCN([C@@H](N)c3cnc4c(C)c(C(F)(F)F)c(=O)[nH]c4c3)CC2)cn1. The number of pyridine rings is 3. The van der Waals surface area contributed by atoms with Crippen molar-refractivity contribution in [2.24, 2.45) is 5.73 Å². The van der Waals surface area contributed by atoms with Gasteiger partial charge in [-0.3, -0.25) is 19.5 Å². The Labute approximate surface area is 192 Å². The van der Waals surface area contributed by atoms with Crippen LogP contribution >= 0.6 is 0 Å². The van der Waals surface area contributed by atoms with E-state index in [0.29, 0.717) is 37.4 Å². The van der Waals surface area contributed by atoms with Crippen molar-refractivity contribution in [3.8, 4) is 0 Å². The number of aryl methyl sites for hydroxylation is 1. The molecule has 1 amide bonds. The van der Waals surface area contributed by atoms with Crippen LogP contribution in [0.25, 0.3) is 11.0 Å². The maximum Gasteiger partial charge on any atom is 0.422 e. The first-order valence-corrected chi connectivity index (χ1v) is 10.6. The highest BCUT2D eigenvalue weighted by molar-refractivity contribution is 5.92. The van der Waals surface area contributed by atoms with Gasteiger partial charge < -0.3 is 20.9 Å².